The molecule has 5 rings (SSSR count). The van der Waals surface area contributed by atoms with Crippen LogP contribution in [0.3, 0.4) is 0 Å². The molecular weight excluding hydrogens is 705 g/mol. The van der Waals surface area contributed by atoms with Gasteiger partial charge in [0.15, 0.2) is 0 Å². The molecule has 0 radical (unpaired) electrons. The number of ether oxygens (including phenoxy) is 1. The Hall–Kier alpha value is -3.14. The number of benzene rings is 4. The van der Waals surface area contributed by atoms with Crippen molar-refractivity contribution in [1.82, 2.24) is 10.4 Å². The van der Waals surface area contributed by atoms with Crippen molar-refractivity contribution in [2.45, 2.75) is 0 Å². The lowest BCUT2D eigenvalue weighted by Crippen LogP contribution is -2.19. The van der Waals surface area contributed by atoms with E-state index in [-0.39, 0.29) is 22.0 Å². The lowest BCUT2D eigenvalue weighted by Gasteiger charge is -2.09. The van der Waals surface area contributed by atoms with Gasteiger partial charge in [0, 0.05) is 30.5 Å². The number of nitrogens with zero attached hydrogens (tertiary/aromatic N) is 1. The molecule has 0 aliphatic carbocycles. The maximum atomic E-state index is 13.3. The van der Waals surface area contributed by atoms with Gasteiger partial charge in [-0.25, -0.2) is 10.2 Å². The fourth-order valence-electron chi connectivity index (χ4n) is 4.03. The van der Waals surface area contributed by atoms with Gasteiger partial charge in [0.05, 0.1) is 27.3 Å². The van der Waals surface area contributed by atoms with E-state index in [1.807, 2.05) is 36.4 Å². The van der Waals surface area contributed by atoms with Crippen LogP contribution in [0.15, 0.2) is 92.9 Å². The minimum atomic E-state index is -0.670. The largest absolute Gasteiger partial charge is 0.422 e. The van der Waals surface area contributed by atoms with E-state index in [1.54, 1.807) is 30.3 Å². The highest BCUT2D eigenvalue weighted by Crippen LogP contribution is 2.37. The average molecular weight is 721 g/mol. The minimum Gasteiger partial charge on any atom is -0.422 e. The van der Waals surface area contributed by atoms with Gasteiger partial charge in [0.25, 0.3) is 5.91 Å². The summed E-state index contributed by atoms with van der Waals surface area (Å²) >= 11 is 25.4. The fraction of sp³-hybridized carbons (Fsp3) is 0. The molecule has 200 valence electrons. The highest BCUT2D eigenvalue weighted by molar-refractivity contribution is 9.10. The molecule has 0 bridgehead atoms. The number of aromatic nitrogens is 1. The van der Waals surface area contributed by atoms with E-state index in [1.165, 1.54) is 18.3 Å². The molecule has 0 saturated carbocycles. The minimum absolute atomic E-state index is 0.155. The monoisotopic (exact) mass is 717 g/mol. The summed E-state index contributed by atoms with van der Waals surface area (Å²) in [6, 6.07) is 22.6. The lowest BCUT2D eigenvalue weighted by molar-refractivity contribution is 0.0734. The molecule has 11 heteroatoms. The highest BCUT2D eigenvalue weighted by atomic mass is 79.9. The number of nitrogens with one attached hydrogen (secondary N) is 2. The smallest absolute Gasteiger partial charge is 0.345 e. The zero-order valence-electron chi connectivity index (χ0n) is 20.1. The maximum Gasteiger partial charge on any atom is 0.345 e. The van der Waals surface area contributed by atoms with Crippen LogP contribution in [0, 0.1) is 0 Å². The number of amides is 1. The van der Waals surface area contributed by atoms with Crippen molar-refractivity contribution in [3.8, 4) is 16.9 Å². The van der Waals surface area contributed by atoms with Gasteiger partial charge >= 0.3 is 5.97 Å². The molecule has 6 nitrogen and oxygen atoms in total. The first-order chi connectivity index (χ1) is 19.2. The molecular formula is C29H16Br2Cl3N3O3. The van der Waals surface area contributed by atoms with Crippen molar-refractivity contribution in [1.29, 1.82) is 0 Å². The molecule has 0 aliphatic rings. The average Bonchev–Trinajstić information content (AvgIpc) is 3.30. The van der Waals surface area contributed by atoms with Crippen molar-refractivity contribution in [3.05, 3.63) is 120 Å². The fourth-order valence-corrected chi connectivity index (χ4v) is 5.75. The van der Waals surface area contributed by atoms with E-state index in [4.69, 9.17) is 39.5 Å². The van der Waals surface area contributed by atoms with Gasteiger partial charge in [-0.1, -0.05) is 97.0 Å². The van der Waals surface area contributed by atoms with E-state index in [2.05, 4.69) is 47.4 Å². The quantitative estimate of drug-likeness (QED) is 0.0794. The van der Waals surface area contributed by atoms with E-state index < -0.39 is 11.9 Å². The molecule has 2 N–H and O–H groups in total. The Labute approximate surface area is 260 Å². The Balaban J connectivity index is 1.43. The van der Waals surface area contributed by atoms with Crippen LogP contribution in [0.25, 0.3) is 22.0 Å². The third-order valence-electron chi connectivity index (χ3n) is 5.81. The maximum absolute atomic E-state index is 13.3. The van der Waals surface area contributed by atoms with Crippen molar-refractivity contribution in [2.24, 2.45) is 5.10 Å². The lowest BCUT2D eigenvalue weighted by atomic mass is 10.0. The van der Waals surface area contributed by atoms with Crippen LogP contribution >= 0.6 is 66.7 Å². The second kappa shape index (κ2) is 12.2. The standard InChI is InChI=1S/C29H16Br2Cl3N3O3/c30-17-6-9-24(40-29(39)20-8-7-19(32)13-22(20)33)16(10-17)14-35-37-28(38)27-25(15-4-2-1-3-5-15)21-11-18(31)12-23(34)26(21)36-27/h1-14,36H,(H,37,38). The number of hydrazone groups is 1. The number of halogens is 5. The number of fused-ring (bicyclic) bond motifs is 1. The Bertz CT molecular complexity index is 1810. The van der Waals surface area contributed by atoms with Crippen molar-refractivity contribution in [3.63, 3.8) is 0 Å². The van der Waals surface area contributed by atoms with Gasteiger partial charge in [0.1, 0.15) is 11.4 Å². The Morgan fingerprint density at radius 2 is 1.65 bits per heavy atom. The van der Waals surface area contributed by atoms with E-state index in [0.29, 0.717) is 31.2 Å². The van der Waals surface area contributed by atoms with Crippen LogP contribution in [-0.4, -0.2) is 23.1 Å². The molecule has 40 heavy (non-hydrogen) atoms. The normalized spacial score (nSPS) is 11.2. The second-order valence-electron chi connectivity index (χ2n) is 8.45. The van der Waals surface area contributed by atoms with Gasteiger partial charge < -0.3 is 9.72 Å². The summed E-state index contributed by atoms with van der Waals surface area (Å²) < 4.78 is 7.07. The predicted molar refractivity (Wildman–Crippen MR) is 167 cm³/mol. The molecule has 4 aromatic carbocycles. The third-order valence-corrected chi connectivity index (χ3v) is 7.61. The number of carbonyl (C=O) groups excluding carboxylic acids is 2. The van der Waals surface area contributed by atoms with Gasteiger partial charge in [0.2, 0.25) is 0 Å². The van der Waals surface area contributed by atoms with Gasteiger partial charge in [-0.2, -0.15) is 5.10 Å². The Kier molecular flexibility index (Phi) is 8.63. The van der Waals surface area contributed by atoms with Crippen molar-refractivity contribution >= 4 is 95.7 Å². The van der Waals surface area contributed by atoms with Crippen LogP contribution in [0.2, 0.25) is 15.1 Å². The number of H-pyrrole nitrogens is 1. The van der Waals surface area contributed by atoms with Crippen LogP contribution in [0.1, 0.15) is 26.4 Å². The van der Waals surface area contributed by atoms with Gasteiger partial charge in [-0.15, -0.1) is 0 Å². The predicted octanol–water partition coefficient (Wildman–Crippen LogP) is 9.30. The molecule has 0 fully saturated rings. The first kappa shape index (κ1) is 28.4. The molecule has 0 atom stereocenters. The number of carbonyl (C=O) groups is 2. The third kappa shape index (κ3) is 6.11. The molecule has 0 spiro atoms. The molecule has 1 heterocycles. The summed E-state index contributed by atoms with van der Waals surface area (Å²) in [5.41, 5.74) is 5.57. The van der Waals surface area contributed by atoms with E-state index >= 15 is 0 Å². The molecule has 1 aromatic heterocycles. The summed E-state index contributed by atoms with van der Waals surface area (Å²) in [6.45, 7) is 0. The van der Waals surface area contributed by atoms with Crippen LogP contribution in [0.5, 0.6) is 5.75 Å². The molecule has 0 unspecified atom stereocenters. The summed E-state index contributed by atoms with van der Waals surface area (Å²) in [5.74, 6) is -0.944. The number of hydrogen-bond acceptors (Lipinski definition) is 4. The number of rotatable bonds is 6. The Morgan fingerprint density at radius 3 is 2.40 bits per heavy atom. The first-order valence-electron chi connectivity index (χ1n) is 11.6. The zero-order chi connectivity index (χ0) is 28.4. The summed E-state index contributed by atoms with van der Waals surface area (Å²) in [6.07, 6.45) is 1.38. The van der Waals surface area contributed by atoms with E-state index in [9.17, 15) is 9.59 Å². The SMILES string of the molecule is O=C(Oc1ccc(Br)cc1C=NNC(=O)c1[nH]c2c(Cl)cc(Br)cc2c1-c1ccccc1)c1ccc(Cl)cc1Cl. The summed E-state index contributed by atoms with van der Waals surface area (Å²) in [7, 11) is 0. The topological polar surface area (TPSA) is 83.5 Å². The highest BCUT2D eigenvalue weighted by Gasteiger charge is 2.21. The molecule has 1 amide bonds. The zero-order valence-corrected chi connectivity index (χ0v) is 25.6. The number of hydrogen-bond donors (Lipinski definition) is 2. The van der Waals surface area contributed by atoms with Crippen molar-refractivity contribution in [2.75, 3.05) is 0 Å². The van der Waals surface area contributed by atoms with Crippen molar-refractivity contribution < 1.29 is 14.3 Å². The summed E-state index contributed by atoms with van der Waals surface area (Å²) in [5, 5.41) is 5.94. The molecule has 5 aromatic rings. The van der Waals surface area contributed by atoms with Crippen LogP contribution < -0.4 is 10.2 Å². The second-order valence-corrected chi connectivity index (χ2v) is 11.5. The molecule has 0 saturated heterocycles. The van der Waals surface area contributed by atoms with E-state index in [0.717, 1.165) is 15.4 Å². The summed E-state index contributed by atoms with van der Waals surface area (Å²) in [4.78, 5) is 29.3. The number of aromatic amines is 1. The van der Waals surface area contributed by atoms with Crippen LogP contribution in [0.4, 0.5) is 0 Å². The first-order valence-corrected chi connectivity index (χ1v) is 14.3. The van der Waals surface area contributed by atoms with Gasteiger partial charge in [-0.05, 0) is 54.1 Å². The molecule has 0 aliphatic heterocycles. The Morgan fingerprint density at radius 1 is 0.875 bits per heavy atom. The van der Waals surface area contributed by atoms with Gasteiger partial charge in [-0.3, -0.25) is 4.79 Å². The van der Waals surface area contributed by atoms with Crippen LogP contribution in [-0.2, 0) is 0 Å². The number of esters is 1.